The number of benzene rings is 1. The fourth-order valence-electron chi connectivity index (χ4n) is 6.01. The highest BCUT2D eigenvalue weighted by molar-refractivity contribution is 6.00. The summed E-state index contributed by atoms with van der Waals surface area (Å²) in [6.07, 6.45) is 0.388. The molecule has 4 heteroatoms. The van der Waals surface area contributed by atoms with Gasteiger partial charge < -0.3 is 9.84 Å². The lowest BCUT2D eigenvalue weighted by Gasteiger charge is -2.42. The van der Waals surface area contributed by atoms with Crippen molar-refractivity contribution < 1.29 is 14.6 Å². The van der Waals surface area contributed by atoms with E-state index in [1.54, 1.807) is 0 Å². The van der Waals surface area contributed by atoms with Crippen LogP contribution in [0.25, 0.3) is 0 Å². The predicted molar refractivity (Wildman–Crippen MR) is 85.7 cm³/mol. The molecule has 0 aromatic heterocycles. The van der Waals surface area contributed by atoms with Gasteiger partial charge in [-0.05, 0) is 37.3 Å². The first-order valence-corrected chi connectivity index (χ1v) is 8.73. The molecular formula is C19H23NO3. The average Bonchev–Trinajstić information content (AvgIpc) is 3.17. The van der Waals surface area contributed by atoms with Crippen LogP contribution in [0.15, 0.2) is 24.3 Å². The van der Waals surface area contributed by atoms with E-state index >= 15 is 0 Å². The van der Waals surface area contributed by atoms with Gasteiger partial charge in [0.2, 0.25) is 5.91 Å². The molecule has 0 spiro atoms. The molecule has 5 rings (SSSR count). The molecule has 2 saturated carbocycles. The largest absolute Gasteiger partial charge is 0.390 e. The monoisotopic (exact) mass is 313 g/mol. The summed E-state index contributed by atoms with van der Waals surface area (Å²) in [5.41, 5.74) is 1.53. The van der Waals surface area contributed by atoms with Gasteiger partial charge in [-0.25, -0.2) is 0 Å². The van der Waals surface area contributed by atoms with E-state index in [1.165, 1.54) is 5.56 Å². The van der Waals surface area contributed by atoms with E-state index in [2.05, 4.69) is 20.8 Å². The molecule has 2 saturated heterocycles. The number of fused-ring (bicyclic) bond motifs is 2. The van der Waals surface area contributed by atoms with Crippen LogP contribution in [-0.4, -0.2) is 28.9 Å². The summed E-state index contributed by atoms with van der Waals surface area (Å²) in [4.78, 5) is 15.2. The van der Waals surface area contributed by atoms with Crippen molar-refractivity contribution >= 4 is 11.6 Å². The van der Waals surface area contributed by atoms with E-state index in [-0.39, 0.29) is 35.7 Å². The first kappa shape index (κ1) is 14.0. The zero-order valence-corrected chi connectivity index (χ0v) is 13.8. The van der Waals surface area contributed by atoms with Gasteiger partial charge in [-0.1, -0.05) is 31.5 Å². The second kappa shape index (κ2) is 4.17. The molecule has 7 atom stereocenters. The topological polar surface area (TPSA) is 49.8 Å². The molecule has 23 heavy (non-hydrogen) atoms. The number of aryl methyl sites for hydroxylation is 1. The lowest BCUT2D eigenvalue weighted by molar-refractivity contribution is -0.136. The van der Waals surface area contributed by atoms with Crippen molar-refractivity contribution in [3.05, 3.63) is 29.8 Å². The first-order valence-electron chi connectivity index (χ1n) is 8.73. The average molecular weight is 313 g/mol. The van der Waals surface area contributed by atoms with E-state index in [4.69, 9.17) is 4.74 Å². The minimum Gasteiger partial charge on any atom is -0.390 e. The maximum absolute atomic E-state index is 13.3. The van der Waals surface area contributed by atoms with Gasteiger partial charge in [0.15, 0.2) is 5.72 Å². The third-order valence-electron chi connectivity index (χ3n) is 6.83. The number of carbonyl (C=O) groups is 1. The Bertz CT molecular complexity index is 684. The van der Waals surface area contributed by atoms with Crippen molar-refractivity contribution in [2.75, 3.05) is 4.90 Å². The van der Waals surface area contributed by atoms with Crippen molar-refractivity contribution in [3.8, 4) is 0 Å². The highest BCUT2D eigenvalue weighted by Crippen LogP contribution is 2.69. The Morgan fingerprint density at radius 1 is 1.26 bits per heavy atom. The fraction of sp³-hybridized carbons (Fsp3) is 0.632. The molecule has 1 aromatic rings. The molecule has 4 fully saturated rings. The van der Waals surface area contributed by atoms with Crippen LogP contribution in [0.5, 0.6) is 0 Å². The van der Waals surface area contributed by atoms with Crippen LogP contribution in [-0.2, 0) is 9.53 Å². The molecule has 122 valence electrons. The van der Waals surface area contributed by atoms with Crippen LogP contribution in [0.1, 0.15) is 25.8 Å². The van der Waals surface area contributed by atoms with Crippen LogP contribution in [0.2, 0.25) is 0 Å². The van der Waals surface area contributed by atoms with Crippen LogP contribution in [0, 0.1) is 36.5 Å². The molecule has 2 aliphatic heterocycles. The van der Waals surface area contributed by atoms with Crippen molar-refractivity contribution in [2.45, 2.75) is 45.1 Å². The minimum atomic E-state index is -0.585. The maximum atomic E-state index is 13.3. The number of hydrogen-bond donors (Lipinski definition) is 1. The summed E-state index contributed by atoms with van der Waals surface area (Å²) in [5.74, 6) is 0.920. The minimum absolute atomic E-state index is 0.0718. The zero-order chi connectivity index (χ0) is 16.1. The second-order valence-corrected chi connectivity index (χ2v) is 8.10. The van der Waals surface area contributed by atoms with E-state index in [1.807, 2.05) is 29.2 Å². The zero-order valence-electron chi connectivity index (χ0n) is 13.8. The highest BCUT2D eigenvalue weighted by Gasteiger charge is 2.79. The van der Waals surface area contributed by atoms with E-state index in [9.17, 15) is 9.90 Å². The van der Waals surface area contributed by atoms with Crippen molar-refractivity contribution in [3.63, 3.8) is 0 Å². The van der Waals surface area contributed by atoms with Gasteiger partial charge in [0.1, 0.15) is 0 Å². The molecule has 2 aliphatic carbocycles. The summed E-state index contributed by atoms with van der Waals surface area (Å²) < 4.78 is 6.51. The summed E-state index contributed by atoms with van der Waals surface area (Å²) in [5, 5.41) is 10.5. The SMILES string of the molecule is Cc1ccc(N2C(=O)[C@@H]3[C@H]4C[C@H]5[C@H](O[C@]2(C(C)C)[C@H]53)[C@H]4O)cc1. The predicted octanol–water partition coefficient (Wildman–Crippen LogP) is 2.34. The van der Waals surface area contributed by atoms with Gasteiger partial charge in [-0.2, -0.15) is 0 Å². The van der Waals surface area contributed by atoms with Gasteiger partial charge in [0.05, 0.1) is 18.1 Å². The van der Waals surface area contributed by atoms with E-state index in [0.717, 1.165) is 12.1 Å². The van der Waals surface area contributed by atoms with Crippen LogP contribution >= 0.6 is 0 Å². The number of nitrogens with zero attached hydrogens (tertiary/aromatic N) is 1. The molecular weight excluding hydrogens is 290 g/mol. The highest BCUT2D eigenvalue weighted by atomic mass is 16.6. The smallest absolute Gasteiger partial charge is 0.233 e. The Labute approximate surface area is 136 Å². The number of rotatable bonds is 2. The molecule has 4 aliphatic rings. The molecule has 0 radical (unpaired) electrons. The first-order chi connectivity index (χ1) is 11.0. The molecule has 2 heterocycles. The summed E-state index contributed by atoms with van der Waals surface area (Å²) >= 11 is 0. The Kier molecular flexibility index (Phi) is 2.54. The Morgan fingerprint density at radius 2 is 1.96 bits per heavy atom. The number of hydrogen-bond acceptors (Lipinski definition) is 3. The Morgan fingerprint density at radius 3 is 2.61 bits per heavy atom. The normalized spacial score (nSPS) is 46.5. The number of aliphatic hydroxyl groups excluding tert-OH is 1. The van der Waals surface area contributed by atoms with Gasteiger partial charge in [-0.3, -0.25) is 9.69 Å². The number of aliphatic hydroxyl groups is 1. The third-order valence-corrected chi connectivity index (χ3v) is 6.83. The summed E-state index contributed by atoms with van der Waals surface area (Å²) in [6.45, 7) is 6.33. The molecule has 4 nitrogen and oxygen atoms in total. The fourth-order valence-corrected chi connectivity index (χ4v) is 6.01. The summed E-state index contributed by atoms with van der Waals surface area (Å²) in [6, 6.07) is 8.15. The maximum Gasteiger partial charge on any atom is 0.233 e. The lowest BCUT2D eigenvalue weighted by Crippen LogP contribution is -2.54. The Hall–Kier alpha value is -1.39. The van der Waals surface area contributed by atoms with E-state index < -0.39 is 11.8 Å². The van der Waals surface area contributed by atoms with Gasteiger partial charge in [-0.15, -0.1) is 0 Å². The van der Waals surface area contributed by atoms with Crippen molar-refractivity contribution in [2.24, 2.45) is 29.6 Å². The molecule has 1 aromatic carbocycles. The van der Waals surface area contributed by atoms with Crippen molar-refractivity contribution in [1.82, 2.24) is 0 Å². The molecule has 1 amide bonds. The molecule has 0 unspecified atom stereocenters. The van der Waals surface area contributed by atoms with Gasteiger partial charge in [0.25, 0.3) is 0 Å². The molecule has 2 bridgehead atoms. The number of carbonyl (C=O) groups excluding carboxylic acids is 1. The number of anilines is 1. The number of amides is 1. The summed E-state index contributed by atoms with van der Waals surface area (Å²) in [7, 11) is 0. The van der Waals surface area contributed by atoms with Gasteiger partial charge in [0, 0.05) is 17.5 Å². The van der Waals surface area contributed by atoms with Gasteiger partial charge >= 0.3 is 0 Å². The standard InChI is InChI=1S/C19H23NO3/c1-9(2)19-15-13-8-12(16(21)17(13)23-19)14(15)18(22)20(19)11-6-4-10(3)5-7-11/h4-7,9,12-17,21H,8H2,1-3H3/t12-,13-,14-,15-,16+,17+,19-/m1/s1. The lowest BCUT2D eigenvalue weighted by atomic mass is 9.74. The van der Waals surface area contributed by atoms with E-state index in [0.29, 0.717) is 5.92 Å². The van der Waals surface area contributed by atoms with Crippen LogP contribution in [0.4, 0.5) is 5.69 Å². The number of ether oxygens (including phenoxy) is 1. The second-order valence-electron chi connectivity index (χ2n) is 8.10. The quantitative estimate of drug-likeness (QED) is 0.912. The Balaban J connectivity index is 1.69. The van der Waals surface area contributed by atoms with Crippen LogP contribution < -0.4 is 4.90 Å². The van der Waals surface area contributed by atoms with Crippen LogP contribution in [0.3, 0.4) is 0 Å². The molecule has 1 N–H and O–H groups in total. The van der Waals surface area contributed by atoms with Crippen molar-refractivity contribution in [1.29, 1.82) is 0 Å². The third kappa shape index (κ3) is 1.39.